The highest BCUT2D eigenvalue weighted by Crippen LogP contribution is 2.31. The van der Waals surface area contributed by atoms with Crippen LogP contribution in [-0.4, -0.2) is 33.4 Å². The van der Waals surface area contributed by atoms with Gasteiger partial charge in [0.2, 0.25) is 0 Å². The summed E-state index contributed by atoms with van der Waals surface area (Å²) in [6.07, 6.45) is 1.77. The van der Waals surface area contributed by atoms with Crippen LogP contribution in [0.3, 0.4) is 0 Å². The van der Waals surface area contributed by atoms with Crippen molar-refractivity contribution in [3.05, 3.63) is 76.3 Å². The van der Waals surface area contributed by atoms with Gasteiger partial charge in [-0.3, -0.25) is 4.79 Å². The number of benzene rings is 2. The van der Waals surface area contributed by atoms with Crippen molar-refractivity contribution in [2.45, 2.75) is 6.42 Å². The normalized spacial score (nSPS) is 13.9. The van der Waals surface area contributed by atoms with Crippen molar-refractivity contribution in [1.82, 2.24) is 9.88 Å². The summed E-state index contributed by atoms with van der Waals surface area (Å²) in [5.41, 5.74) is 2.06. The molecule has 0 fully saturated rings. The predicted molar refractivity (Wildman–Crippen MR) is 100 cm³/mol. The monoisotopic (exact) mass is 384 g/mol. The Morgan fingerprint density at radius 1 is 1.15 bits per heavy atom. The Morgan fingerprint density at radius 3 is 2.59 bits per heavy atom. The van der Waals surface area contributed by atoms with Crippen molar-refractivity contribution in [3.63, 3.8) is 0 Å². The van der Waals surface area contributed by atoms with Crippen molar-refractivity contribution in [2.24, 2.45) is 0 Å². The zero-order valence-electron chi connectivity index (χ0n) is 14.0. The lowest BCUT2D eigenvalue weighted by molar-refractivity contribution is -0.130. The first kappa shape index (κ1) is 17.3. The van der Waals surface area contributed by atoms with Crippen molar-refractivity contribution in [1.29, 1.82) is 0 Å². The number of carboxylic acid groups (broad SMARTS) is 1. The number of amides is 1. The van der Waals surface area contributed by atoms with Crippen LogP contribution in [0.25, 0.3) is 16.5 Å². The second-order valence-electron chi connectivity index (χ2n) is 6.27. The molecular formula is C20H14ClFN2O3. The number of aromatic nitrogens is 1. The molecule has 136 valence electrons. The van der Waals surface area contributed by atoms with E-state index >= 15 is 0 Å². The molecule has 0 radical (unpaired) electrons. The Morgan fingerprint density at radius 2 is 1.89 bits per heavy atom. The van der Waals surface area contributed by atoms with E-state index in [1.807, 2.05) is 0 Å². The zero-order chi connectivity index (χ0) is 19.1. The lowest BCUT2D eigenvalue weighted by atomic mass is 10.0. The van der Waals surface area contributed by atoms with Gasteiger partial charge in [-0.05, 0) is 54.4 Å². The molecule has 1 aliphatic rings. The van der Waals surface area contributed by atoms with Gasteiger partial charge in [-0.1, -0.05) is 11.6 Å². The fourth-order valence-corrected chi connectivity index (χ4v) is 3.44. The maximum atomic E-state index is 13.5. The largest absolute Gasteiger partial charge is 0.478 e. The lowest BCUT2D eigenvalue weighted by Crippen LogP contribution is -2.27. The van der Waals surface area contributed by atoms with Crippen LogP contribution in [-0.2, 0) is 11.2 Å². The van der Waals surface area contributed by atoms with Gasteiger partial charge in [0.05, 0.1) is 11.3 Å². The van der Waals surface area contributed by atoms with Crippen LogP contribution in [0.5, 0.6) is 0 Å². The molecule has 0 unspecified atom stereocenters. The molecule has 1 aliphatic heterocycles. The molecule has 2 aromatic carbocycles. The Labute approximate surface area is 158 Å². The molecule has 7 heteroatoms. The highest BCUT2D eigenvalue weighted by Gasteiger charge is 2.26. The van der Waals surface area contributed by atoms with Crippen LogP contribution in [0.4, 0.5) is 4.39 Å². The number of H-pyrrole nitrogens is 1. The molecule has 2 N–H and O–H groups in total. The molecule has 4 rings (SSSR count). The van der Waals surface area contributed by atoms with Crippen molar-refractivity contribution in [2.75, 3.05) is 6.54 Å². The highest BCUT2D eigenvalue weighted by atomic mass is 35.5. The van der Waals surface area contributed by atoms with Crippen LogP contribution < -0.4 is 0 Å². The van der Waals surface area contributed by atoms with E-state index in [1.54, 1.807) is 30.3 Å². The maximum Gasteiger partial charge on any atom is 0.339 e. The minimum Gasteiger partial charge on any atom is -0.478 e. The van der Waals surface area contributed by atoms with Crippen LogP contribution in [0.15, 0.2) is 48.7 Å². The van der Waals surface area contributed by atoms with Gasteiger partial charge in [0.25, 0.3) is 5.91 Å². The van der Waals surface area contributed by atoms with Crippen LogP contribution in [0, 0.1) is 5.82 Å². The third-order valence-corrected chi connectivity index (χ3v) is 4.86. The minimum absolute atomic E-state index is 0.0404. The van der Waals surface area contributed by atoms with Gasteiger partial charge in [0, 0.05) is 34.2 Å². The first-order chi connectivity index (χ1) is 12.9. The van der Waals surface area contributed by atoms with Crippen molar-refractivity contribution >= 4 is 40.0 Å². The summed E-state index contributed by atoms with van der Waals surface area (Å²) < 4.78 is 13.5. The number of nitrogens with zero attached hydrogens (tertiary/aromatic N) is 1. The molecule has 0 aliphatic carbocycles. The molecule has 1 aromatic heterocycles. The Bertz CT molecular complexity index is 1100. The summed E-state index contributed by atoms with van der Waals surface area (Å²) in [5.74, 6) is -1.88. The molecule has 1 amide bonds. The van der Waals surface area contributed by atoms with E-state index in [9.17, 15) is 19.1 Å². The first-order valence-electron chi connectivity index (χ1n) is 8.26. The van der Waals surface area contributed by atoms with E-state index in [4.69, 9.17) is 11.6 Å². The van der Waals surface area contributed by atoms with Gasteiger partial charge >= 0.3 is 5.97 Å². The van der Waals surface area contributed by atoms with Gasteiger partial charge in [0.1, 0.15) is 5.82 Å². The second kappa shape index (κ2) is 6.55. The predicted octanol–water partition coefficient (Wildman–Crippen LogP) is 4.08. The first-order valence-corrected chi connectivity index (χ1v) is 8.64. The highest BCUT2D eigenvalue weighted by molar-refractivity contribution is 6.30. The maximum absolute atomic E-state index is 13.5. The number of fused-ring (bicyclic) bond motifs is 3. The lowest BCUT2D eigenvalue weighted by Gasteiger charge is -2.17. The summed E-state index contributed by atoms with van der Waals surface area (Å²) in [6.45, 7) is 0.301. The van der Waals surface area contributed by atoms with Gasteiger partial charge in [-0.15, -0.1) is 0 Å². The van der Waals surface area contributed by atoms with Crippen LogP contribution in [0.2, 0.25) is 5.02 Å². The molecule has 0 bridgehead atoms. The minimum atomic E-state index is -1.17. The topological polar surface area (TPSA) is 73.4 Å². The Kier molecular flexibility index (Phi) is 4.20. The van der Waals surface area contributed by atoms with Crippen molar-refractivity contribution < 1.29 is 19.1 Å². The number of carboxylic acids is 1. The fraction of sp³-hybridized carbons (Fsp3) is 0.100. The summed E-state index contributed by atoms with van der Waals surface area (Å²) >= 11 is 5.86. The number of aliphatic carboxylic acids is 1. The molecule has 5 nitrogen and oxygen atoms in total. The molecule has 2 heterocycles. The van der Waals surface area contributed by atoms with E-state index in [0.29, 0.717) is 34.8 Å². The second-order valence-corrected chi connectivity index (χ2v) is 6.71. The summed E-state index contributed by atoms with van der Waals surface area (Å²) in [7, 11) is 0. The average molecular weight is 385 g/mol. The zero-order valence-corrected chi connectivity index (χ0v) is 14.8. The van der Waals surface area contributed by atoms with Gasteiger partial charge in [-0.25, -0.2) is 9.18 Å². The van der Waals surface area contributed by atoms with E-state index in [0.717, 1.165) is 10.9 Å². The van der Waals surface area contributed by atoms with E-state index in [1.165, 1.54) is 23.2 Å². The van der Waals surface area contributed by atoms with E-state index in [2.05, 4.69) is 4.98 Å². The third kappa shape index (κ3) is 3.08. The fourth-order valence-electron chi connectivity index (χ4n) is 3.32. The molecule has 0 saturated carbocycles. The van der Waals surface area contributed by atoms with E-state index < -0.39 is 11.8 Å². The third-order valence-electron chi connectivity index (χ3n) is 4.61. The van der Waals surface area contributed by atoms with Crippen LogP contribution >= 0.6 is 11.6 Å². The van der Waals surface area contributed by atoms with Crippen LogP contribution in [0.1, 0.15) is 21.6 Å². The number of nitrogens with one attached hydrogen (secondary N) is 1. The summed E-state index contributed by atoms with van der Waals surface area (Å²) in [6, 6.07) is 10.7. The van der Waals surface area contributed by atoms with E-state index in [-0.39, 0.29) is 11.5 Å². The number of halogens is 2. The number of carbonyl (C=O) groups is 2. The number of rotatable bonds is 2. The van der Waals surface area contributed by atoms with Gasteiger partial charge in [-0.2, -0.15) is 0 Å². The number of aromatic amines is 1. The Hall–Kier alpha value is -3.12. The summed E-state index contributed by atoms with van der Waals surface area (Å²) in [4.78, 5) is 29.0. The molecule has 0 spiro atoms. The molecule has 3 aromatic rings. The van der Waals surface area contributed by atoms with Gasteiger partial charge < -0.3 is 15.0 Å². The number of hydrogen-bond donors (Lipinski definition) is 2. The molecule has 0 saturated heterocycles. The number of carbonyl (C=O) groups excluding carboxylic acids is 1. The quantitative estimate of drug-likeness (QED) is 0.699. The molecular weight excluding hydrogens is 371 g/mol. The molecule has 27 heavy (non-hydrogen) atoms. The standard InChI is InChI=1S/C20H14ClFN2O3/c21-12-3-1-11(2-4-12)19(25)24-8-7-15-14-6-5-13(22)9-17(14)23-18(15)16(10-24)20(26)27/h1-6,9-10,23H,7-8H2,(H,26,27). The summed E-state index contributed by atoms with van der Waals surface area (Å²) in [5, 5.41) is 10.9. The van der Waals surface area contributed by atoms with Gasteiger partial charge in [0.15, 0.2) is 0 Å². The van der Waals surface area contributed by atoms with Crippen molar-refractivity contribution in [3.8, 4) is 0 Å². The average Bonchev–Trinajstić information content (AvgIpc) is 2.87. The molecule has 0 atom stereocenters. The number of hydrogen-bond acceptors (Lipinski definition) is 2. The SMILES string of the molecule is O=C(O)C1=CN(C(=O)c2ccc(Cl)cc2)CCc2c1[nH]c1cc(F)ccc21. The smallest absolute Gasteiger partial charge is 0.339 e. The Balaban J connectivity index is 1.79.